The number of Topliss-reactive ketones (excluding diaryl/α,β-unsaturated/α-hetero) is 1. The molecule has 2 aromatic rings. The van der Waals surface area contributed by atoms with Gasteiger partial charge in [0.2, 0.25) is 0 Å². The molecule has 22 heavy (non-hydrogen) atoms. The molecule has 1 heterocycles. The van der Waals surface area contributed by atoms with E-state index in [4.69, 9.17) is 11.6 Å². The number of ketones is 1. The Hall–Kier alpha value is -2.06. The third-order valence-corrected chi connectivity index (χ3v) is 4.90. The van der Waals surface area contributed by atoms with E-state index >= 15 is 0 Å². The van der Waals surface area contributed by atoms with Gasteiger partial charge in [-0.3, -0.25) is 4.79 Å². The molecule has 3 heteroatoms. The van der Waals surface area contributed by atoms with Crippen molar-refractivity contribution in [3.63, 3.8) is 0 Å². The number of carbonyl (C=O) groups is 1. The number of rotatable bonds is 2. The molecule has 0 fully saturated rings. The molecule has 0 aromatic heterocycles. The van der Waals surface area contributed by atoms with Crippen LogP contribution in [0.5, 0.6) is 0 Å². The lowest BCUT2D eigenvalue weighted by Crippen LogP contribution is -2.42. The number of hydrogen-bond donors (Lipinski definition) is 1. The first kappa shape index (κ1) is 13.6. The van der Waals surface area contributed by atoms with Crippen molar-refractivity contribution in [1.29, 1.82) is 0 Å². The van der Waals surface area contributed by atoms with Crippen molar-refractivity contribution in [3.05, 3.63) is 76.8 Å². The third-order valence-electron chi connectivity index (χ3n) is 4.67. The zero-order valence-electron chi connectivity index (χ0n) is 12.0. The maximum Gasteiger partial charge on any atom is 0.185 e. The summed E-state index contributed by atoms with van der Waals surface area (Å²) in [5.41, 5.74) is 2.98. The zero-order valence-corrected chi connectivity index (χ0v) is 12.8. The van der Waals surface area contributed by atoms with Gasteiger partial charge in [0, 0.05) is 28.1 Å². The molecule has 110 valence electrons. The van der Waals surface area contributed by atoms with Crippen molar-refractivity contribution in [2.24, 2.45) is 5.92 Å². The van der Waals surface area contributed by atoms with E-state index in [-0.39, 0.29) is 23.7 Å². The fourth-order valence-corrected chi connectivity index (χ4v) is 3.79. The van der Waals surface area contributed by atoms with E-state index in [1.165, 1.54) is 5.56 Å². The number of hydrogen-bond acceptors (Lipinski definition) is 2. The summed E-state index contributed by atoms with van der Waals surface area (Å²) in [6.07, 6.45) is 5.32. The predicted molar refractivity (Wildman–Crippen MR) is 89.6 cm³/mol. The molecule has 0 bridgehead atoms. The van der Waals surface area contributed by atoms with Gasteiger partial charge >= 0.3 is 0 Å². The minimum absolute atomic E-state index is 0.167. The monoisotopic (exact) mass is 309 g/mol. The molecule has 4 rings (SSSR count). The number of halogens is 1. The highest BCUT2D eigenvalue weighted by Gasteiger charge is 2.40. The van der Waals surface area contributed by atoms with E-state index < -0.39 is 0 Å². The summed E-state index contributed by atoms with van der Waals surface area (Å²) in [7, 11) is 0. The van der Waals surface area contributed by atoms with Crippen molar-refractivity contribution < 1.29 is 4.79 Å². The summed E-state index contributed by atoms with van der Waals surface area (Å²) in [5, 5.41) is 4.19. The molecule has 1 aliphatic carbocycles. The standard InChI is InChI=1S/C19H16ClNO/c20-13-9-10-17-16(11-13)14-7-4-8-15(14)18(21-17)19(22)12-5-2-1-3-6-12/h1-7,9-11,14-15,18,21H,8H2/t14-,15-,18+/m0/s1. The van der Waals surface area contributed by atoms with Crippen LogP contribution >= 0.6 is 11.6 Å². The van der Waals surface area contributed by atoms with Gasteiger partial charge in [-0.15, -0.1) is 0 Å². The van der Waals surface area contributed by atoms with Crippen molar-refractivity contribution in [2.45, 2.75) is 18.4 Å². The van der Waals surface area contributed by atoms with Crippen molar-refractivity contribution in [1.82, 2.24) is 0 Å². The average Bonchev–Trinajstić information content (AvgIpc) is 3.04. The Labute approximate surface area is 134 Å². The molecule has 3 atom stereocenters. The lowest BCUT2D eigenvalue weighted by Gasteiger charge is -2.36. The minimum atomic E-state index is -0.184. The molecule has 1 aliphatic heterocycles. The van der Waals surface area contributed by atoms with Crippen molar-refractivity contribution >= 4 is 23.1 Å². The van der Waals surface area contributed by atoms with Crippen LogP contribution in [0.3, 0.4) is 0 Å². The highest BCUT2D eigenvalue weighted by atomic mass is 35.5. The molecule has 2 aliphatic rings. The van der Waals surface area contributed by atoms with E-state index in [9.17, 15) is 4.79 Å². The third kappa shape index (κ3) is 2.15. The van der Waals surface area contributed by atoms with Crippen LogP contribution in [0.1, 0.15) is 28.3 Å². The number of benzene rings is 2. The highest BCUT2D eigenvalue weighted by Crippen LogP contribution is 2.45. The molecule has 0 saturated carbocycles. The minimum Gasteiger partial charge on any atom is -0.374 e. The molecule has 0 radical (unpaired) electrons. The van der Waals surface area contributed by atoms with Crippen molar-refractivity contribution in [2.75, 3.05) is 5.32 Å². The Morgan fingerprint density at radius 1 is 1.14 bits per heavy atom. The van der Waals surface area contributed by atoms with Crippen LogP contribution < -0.4 is 5.32 Å². The van der Waals surface area contributed by atoms with Gasteiger partial charge in [-0.05, 0) is 30.2 Å². The van der Waals surface area contributed by atoms with Gasteiger partial charge in [-0.25, -0.2) is 0 Å². The average molecular weight is 310 g/mol. The Morgan fingerprint density at radius 3 is 2.77 bits per heavy atom. The number of carbonyl (C=O) groups excluding carboxylic acids is 1. The zero-order chi connectivity index (χ0) is 15.1. The van der Waals surface area contributed by atoms with Gasteiger partial charge < -0.3 is 5.32 Å². The van der Waals surface area contributed by atoms with Gasteiger partial charge in [0.15, 0.2) is 5.78 Å². The second-order valence-electron chi connectivity index (χ2n) is 5.94. The molecule has 2 nitrogen and oxygen atoms in total. The second-order valence-corrected chi connectivity index (χ2v) is 6.37. The van der Waals surface area contributed by atoms with Crippen LogP contribution in [0.15, 0.2) is 60.7 Å². The highest BCUT2D eigenvalue weighted by molar-refractivity contribution is 6.30. The van der Waals surface area contributed by atoms with E-state index in [2.05, 4.69) is 17.5 Å². The summed E-state index contributed by atoms with van der Waals surface area (Å²) < 4.78 is 0. The Bertz CT molecular complexity index is 753. The number of fused-ring (bicyclic) bond motifs is 3. The first-order chi connectivity index (χ1) is 10.7. The van der Waals surface area contributed by atoms with Crippen LogP contribution in [-0.2, 0) is 0 Å². The largest absolute Gasteiger partial charge is 0.374 e. The topological polar surface area (TPSA) is 29.1 Å². The summed E-state index contributed by atoms with van der Waals surface area (Å²) in [6.45, 7) is 0. The van der Waals surface area contributed by atoms with Gasteiger partial charge in [-0.2, -0.15) is 0 Å². The lowest BCUT2D eigenvalue weighted by molar-refractivity contribution is 0.0938. The quantitative estimate of drug-likeness (QED) is 0.645. The van der Waals surface area contributed by atoms with Gasteiger partial charge in [0.1, 0.15) is 0 Å². The lowest BCUT2D eigenvalue weighted by atomic mass is 9.77. The molecule has 2 aromatic carbocycles. The summed E-state index contributed by atoms with van der Waals surface area (Å²) in [5.74, 6) is 0.700. The molecule has 0 saturated heterocycles. The van der Waals surface area contributed by atoms with E-state index in [1.807, 2.05) is 48.5 Å². The first-order valence-electron chi connectivity index (χ1n) is 7.56. The molecule has 1 N–H and O–H groups in total. The van der Waals surface area contributed by atoms with Crippen LogP contribution in [0.4, 0.5) is 5.69 Å². The smallest absolute Gasteiger partial charge is 0.185 e. The second kappa shape index (κ2) is 5.29. The maximum absolute atomic E-state index is 12.9. The summed E-state index contributed by atoms with van der Waals surface area (Å²) >= 11 is 6.14. The Morgan fingerprint density at radius 2 is 1.95 bits per heavy atom. The maximum atomic E-state index is 12.9. The van der Waals surface area contributed by atoms with Crippen LogP contribution in [0, 0.1) is 5.92 Å². The molecule has 0 amide bonds. The Kier molecular flexibility index (Phi) is 3.27. The van der Waals surface area contributed by atoms with Crippen LogP contribution in [0.2, 0.25) is 5.02 Å². The van der Waals surface area contributed by atoms with E-state index in [0.29, 0.717) is 0 Å². The number of allylic oxidation sites excluding steroid dienone is 2. The van der Waals surface area contributed by atoms with Crippen LogP contribution in [-0.4, -0.2) is 11.8 Å². The molecule has 0 unspecified atom stereocenters. The number of nitrogens with one attached hydrogen (secondary N) is 1. The van der Waals surface area contributed by atoms with E-state index in [0.717, 1.165) is 22.7 Å². The molecular formula is C19H16ClNO. The molecule has 0 spiro atoms. The normalized spacial score (nSPS) is 25.2. The fraction of sp³-hybridized carbons (Fsp3) is 0.211. The van der Waals surface area contributed by atoms with Gasteiger partial charge in [-0.1, -0.05) is 54.1 Å². The van der Waals surface area contributed by atoms with E-state index in [1.54, 1.807) is 0 Å². The first-order valence-corrected chi connectivity index (χ1v) is 7.94. The van der Waals surface area contributed by atoms with Crippen molar-refractivity contribution in [3.8, 4) is 0 Å². The molecular weight excluding hydrogens is 294 g/mol. The summed E-state index contributed by atoms with van der Waals surface area (Å²) in [6, 6.07) is 15.2. The van der Waals surface area contributed by atoms with Gasteiger partial charge in [0.05, 0.1) is 6.04 Å². The predicted octanol–water partition coefficient (Wildman–Crippen LogP) is 4.68. The Balaban J connectivity index is 1.74. The fourth-order valence-electron chi connectivity index (χ4n) is 3.61. The summed E-state index contributed by atoms with van der Waals surface area (Å²) in [4.78, 5) is 12.9. The van der Waals surface area contributed by atoms with Gasteiger partial charge in [0.25, 0.3) is 0 Å². The SMILES string of the molecule is O=C(c1ccccc1)[C@@H]1Nc2ccc(Cl)cc2[C@H]2C=CC[C@@H]21. The number of anilines is 1. The van der Waals surface area contributed by atoms with Crippen LogP contribution in [0.25, 0.3) is 0 Å².